The molecule has 1 N–H and O–H groups in total. The molecule has 0 unspecified atom stereocenters. The maximum atomic E-state index is 12.3. The maximum absolute atomic E-state index is 12.3. The highest BCUT2D eigenvalue weighted by Crippen LogP contribution is 2.18. The highest BCUT2D eigenvalue weighted by atomic mass is 16.3. The van der Waals surface area contributed by atoms with Crippen molar-refractivity contribution in [1.82, 2.24) is 4.98 Å². The van der Waals surface area contributed by atoms with Gasteiger partial charge in [-0.2, -0.15) is 0 Å². The van der Waals surface area contributed by atoms with Gasteiger partial charge >= 0.3 is 0 Å². The number of para-hydroxylation sites is 1. The number of nitrogens with zero attached hydrogens (tertiary/aromatic N) is 1. The minimum atomic E-state index is -0.298. The van der Waals surface area contributed by atoms with Gasteiger partial charge in [-0.3, -0.25) is 9.59 Å². The third-order valence-electron chi connectivity index (χ3n) is 3.15. The average Bonchev–Trinajstić information content (AvgIpc) is 2.94. The summed E-state index contributed by atoms with van der Waals surface area (Å²) >= 11 is 0. The Morgan fingerprint density at radius 3 is 2.76 bits per heavy atom. The molecule has 104 valence electrons. The molecule has 0 saturated heterocycles. The summed E-state index contributed by atoms with van der Waals surface area (Å²) in [7, 11) is 0. The first-order chi connectivity index (χ1) is 10.1. The Hall–Kier alpha value is -2.95. The molecular formula is C16H12N2O3. The molecule has 2 aromatic carbocycles. The smallest absolute Gasteiger partial charge is 0.255 e. The number of Topliss-reactive ketones (excluding diaryl/α,β-unsaturated/α-hetero) is 1. The molecule has 0 aliphatic carbocycles. The number of ketones is 1. The van der Waals surface area contributed by atoms with Gasteiger partial charge in [-0.1, -0.05) is 12.1 Å². The van der Waals surface area contributed by atoms with Crippen LogP contribution < -0.4 is 5.32 Å². The van der Waals surface area contributed by atoms with Crippen molar-refractivity contribution < 1.29 is 14.0 Å². The molecule has 1 amide bonds. The second kappa shape index (κ2) is 5.20. The lowest BCUT2D eigenvalue weighted by Gasteiger charge is -2.08. The van der Waals surface area contributed by atoms with Gasteiger partial charge < -0.3 is 9.73 Å². The zero-order chi connectivity index (χ0) is 14.8. The summed E-state index contributed by atoms with van der Waals surface area (Å²) in [6.07, 6.45) is 1.33. The summed E-state index contributed by atoms with van der Waals surface area (Å²) in [6.45, 7) is 1.46. The van der Waals surface area contributed by atoms with Crippen LogP contribution in [0.25, 0.3) is 11.1 Å². The van der Waals surface area contributed by atoms with Crippen LogP contribution in [-0.2, 0) is 0 Å². The lowest BCUT2D eigenvalue weighted by atomic mass is 10.1. The lowest BCUT2D eigenvalue weighted by Crippen LogP contribution is -2.14. The number of aromatic nitrogens is 1. The Morgan fingerprint density at radius 2 is 1.95 bits per heavy atom. The Morgan fingerprint density at radius 1 is 1.14 bits per heavy atom. The van der Waals surface area contributed by atoms with Gasteiger partial charge in [0.1, 0.15) is 5.52 Å². The summed E-state index contributed by atoms with van der Waals surface area (Å²) in [4.78, 5) is 27.8. The SMILES string of the molecule is CC(=O)c1ccccc1NC(=O)c1ccc2ocnc2c1. The van der Waals surface area contributed by atoms with E-state index in [1.54, 1.807) is 42.5 Å². The fourth-order valence-corrected chi connectivity index (χ4v) is 2.09. The van der Waals surface area contributed by atoms with E-state index in [1.807, 2.05) is 0 Å². The zero-order valence-corrected chi connectivity index (χ0v) is 11.3. The number of oxazole rings is 1. The summed E-state index contributed by atoms with van der Waals surface area (Å²) in [6, 6.07) is 11.9. The van der Waals surface area contributed by atoms with E-state index in [9.17, 15) is 9.59 Å². The van der Waals surface area contributed by atoms with Gasteiger partial charge in [-0.05, 0) is 37.3 Å². The molecule has 0 atom stereocenters. The number of benzene rings is 2. The largest absolute Gasteiger partial charge is 0.443 e. The van der Waals surface area contributed by atoms with Crippen molar-refractivity contribution in [1.29, 1.82) is 0 Å². The molecule has 3 aromatic rings. The average molecular weight is 280 g/mol. The van der Waals surface area contributed by atoms with Crippen LogP contribution in [0.1, 0.15) is 27.6 Å². The van der Waals surface area contributed by atoms with Crippen molar-refractivity contribution in [3.8, 4) is 0 Å². The van der Waals surface area contributed by atoms with E-state index in [0.29, 0.717) is 27.9 Å². The van der Waals surface area contributed by atoms with Crippen LogP contribution >= 0.6 is 0 Å². The van der Waals surface area contributed by atoms with Crippen LogP contribution in [0.4, 0.5) is 5.69 Å². The van der Waals surface area contributed by atoms with E-state index in [2.05, 4.69) is 10.3 Å². The Balaban J connectivity index is 1.91. The number of rotatable bonds is 3. The number of hydrogen-bond acceptors (Lipinski definition) is 4. The van der Waals surface area contributed by atoms with E-state index >= 15 is 0 Å². The normalized spacial score (nSPS) is 10.5. The monoisotopic (exact) mass is 280 g/mol. The number of hydrogen-bond donors (Lipinski definition) is 1. The second-order valence-corrected chi connectivity index (χ2v) is 4.59. The Kier molecular flexibility index (Phi) is 3.23. The summed E-state index contributed by atoms with van der Waals surface area (Å²) in [5.41, 5.74) is 2.66. The van der Waals surface area contributed by atoms with Crippen molar-refractivity contribution in [2.24, 2.45) is 0 Å². The third kappa shape index (κ3) is 2.53. The first-order valence-electron chi connectivity index (χ1n) is 6.40. The molecule has 0 fully saturated rings. The van der Waals surface area contributed by atoms with E-state index in [4.69, 9.17) is 4.42 Å². The van der Waals surface area contributed by atoms with Crippen LogP contribution in [0.2, 0.25) is 0 Å². The van der Waals surface area contributed by atoms with Crippen molar-refractivity contribution in [2.45, 2.75) is 6.92 Å². The molecule has 0 aliphatic heterocycles. The molecule has 0 bridgehead atoms. The van der Waals surface area contributed by atoms with Crippen LogP contribution in [0.5, 0.6) is 0 Å². The summed E-state index contributed by atoms with van der Waals surface area (Å²) in [5.74, 6) is -0.397. The first-order valence-corrected chi connectivity index (χ1v) is 6.40. The minimum absolute atomic E-state index is 0.0992. The van der Waals surface area contributed by atoms with Crippen LogP contribution in [0, 0.1) is 0 Å². The van der Waals surface area contributed by atoms with Gasteiger partial charge in [0.05, 0.1) is 5.69 Å². The number of anilines is 1. The number of carbonyl (C=O) groups is 2. The van der Waals surface area contributed by atoms with Crippen LogP contribution in [0.3, 0.4) is 0 Å². The predicted molar refractivity (Wildman–Crippen MR) is 78.4 cm³/mol. The van der Waals surface area contributed by atoms with Gasteiger partial charge in [-0.15, -0.1) is 0 Å². The Bertz CT molecular complexity index is 836. The molecule has 1 aromatic heterocycles. The quantitative estimate of drug-likeness (QED) is 0.747. The molecule has 21 heavy (non-hydrogen) atoms. The first kappa shape index (κ1) is 13.1. The van der Waals surface area contributed by atoms with Gasteiger partial charge in [0.15, 0.2) is 17.8 Å². The van der Waals surface area contributed by atoms with Crippen molar-refractivity contribution in [3.05, 3.63) is 60.0 Å². The highest BCUT2D eigenvalue weighted by Gasteiger charge is 2.12. The number of amides is 1. The lowest BCUT2D eigenvalue weighted by molar-refractivity contribution is 0.101. The minimum Gasteiger partial charge on any atom is -0.443 e. The third-order valence-corrected chi connectivity index (χ3v) is 3.15. The van der Waals surface area contributed by atoms with Crippen molar-refractivity contribution in [3.63, 3.8) is 0 Å². The number of fused-ring (bicyclic) bond motifs is 1. The molecule has 1 heterocycles. The molecule has 0 radical (unpaired) electrons. The van der Waals surface area contributed by atoms with E-state index in [0.717, 1.165) is 0 Å². The van der Waals surface area contributed by atoms with Crippen LogP contribution in [0.15, 0.2) is 53.3 Å². The number of nitrogens with one attached hydrogen (secondary N) is 1. The van der Waals surface area contributed by atoms with E-state index < -0.39 is 0 Å². The molecular weight excluding hydrogens is 268 g/mol. The topological polar surface area (TPSA) is 72.2 Å². The molecule has 0 spiro atoms. The van der Waals surface area contributed by atoms with Gasteiger partial charge in [-0.25, -0.2) is 4.98 Å². The summed E-state index contributed by atoms with van der Waals surface area (Å²) < 4.78 is 5.13. The highest BCUT2D eigenvalue weighted by molar-refractivity contribution is 6.09. The Labute approximate surface area is 120 Å². The fourth-order valence-electron chi connectivity index (χ4n) is 2.09. The van der Waals surface area contributed by atoms with Gasteiger partial charge in [0.2, 0.25) is 0 Å². The molecule has 0 saturated carbocycles. The number of carbonyl (C=O) groups excluding carboxylic acids is 2. The predicted octanol–water partition coefficient (Wildman–Crippen LogP) is 3.28. The van der Waals surface area contributed by atoms with Crippen LogP contribution in [-0.4, -0.2) is 16.7 Å². The zero-order valence-electron chi connectivity index (χ0n) is 11.3. The molecule has 0 aliphatic rings. The molecule has 5 heteroatoms. The van der Waals surface area contributed by atoms with E-state index in [1.165, 1.54) is 13.3 Å². The van der Waals surface area contributed by atoms with Gasteiger partial charge in [0, 0.05) is 11.1 Å². The second-order valence-electron chi connectivity index (χ2n) is 4.59. The van der Waals surface area contributed by atoms with Crippen molar-refractivity contribution >= 4 is 28.5 Å². The maximum Gasteiger partial charge on any atom is 0.255 e. The van der Waals surface area contributed by atoms with E-state index in [-0.39, 0.29) is 11.7 Å². The fraction of sp³-hybridized carbons (Fsp3) is 0.0625. The molecule has 3 rings (SSSR count). The standard InChI is InChI=1S/C16H12N2O3/c1-10(19)12-4-2-3-5-13(12)18-16(20)11-6-7-15-14(8-11)17-9-21-15/h2-9H,1H3,(H,18,20). The summed E-state index contributed by atoms with van der Waals surface area (Å²) in [5, 5.41) is 2.75. The van der Waals surface area contributed by atoms with Crippen molar-refractivity contribution in [2.75, 3.05) is 5.32 Å². The molecule has 5 nitrogen and oxygen atoms in total. The van der Waals surface area contributed by atoms with Gasteiger partial charge in [0.25, 0.3) is 5.91 Å².